The molecule has 2 N–H and O–H groups in total. The van der Waals surface area contributed by atoms with E-state index in [9.17, 15) is 9.59 Å². The maximum absolute atomic E-state index is 12.9. The minimum Gasteiger partial charge on any atom is -0.354 e. The van der Waals surface area contributed by atoms with Crippen molar-refractivity contribution in [2.24, 2.45) is 0 Å². The Morgan fingerprint density at radius 3 is 2.66 bits per heavy atom. The molecule has 3 amide bonds. The lowest BCUT2D eigenvalue weighted by Crippen LogP contribution is -2.59. The van der Waals surface area contributed by atoms with Crippen molar-refractivity contribution in [2.45, 2.75) is 37.8 Å². The predicted molar refractivity (Wildman–Crippen MR) is 116 cm³/mol. The van der Waals surface area contributed by atoms with Gasteiger partial charge in [0.1, 0.15) is 0 Å². The van der Waals surface area contributed by atoms with Crippen LogP contribution < -0.4 is 10.6 Å². The van der Waals surface area contributed by atoms with Crippen LogP contribution in [0.1, 0.15) is 25.1 Å². The second-order valence-corrected chi connectivity index (χ2v) is 9.30. The minimum absolute atomic E-state index is 0.0292. The van der Waals surface area contributed by atoms with Crippen molar-refractivity contribution >= 4 is 29.0 Å². The molecule has 0 aliphatic carbocycles. The first-order valence-electron chi connectivity index (χ1n) is 10.1. The van der Waals surface area contributed by atoms with E-state index in [0.29, 0.717) is 13.1 Å². The highest BCUT2D eigenvalue weighted by Gasteiger charge is 2.41. The van der Waals surface area contributed by atoms with Crippen LogP contribution in [-0.4, -0.2) is 60.0 Å². The number of hydrogen-bond acceptors (Lipinski definition) is 4. The van der Waals surface area contributed by atoms with Crippen LogP contribution in [0.15, 0.2) is 47.8 Å². The number of nitrogens with zero attached hydrogens (tertiary/aromatic N) is 2. The maximum atomic E-state index is 12.9. The molecule has 6 nitrogen and oxygen atoms in total. The molecule has 2 bridgehead atoms. The van der Waals surface area contributed by atoms with Gasteiger partial charge < -0.3 is 15.5 Å². The Labute approximate surface area is 175 Å². The summed E-state index contributed by atoms with van der Waals surface area (Å²) in [5.74, 6) is 0.0292. The zero-order chi connectivity index (χ0) is 20.4. The third kappa shape index (κ3) is 4.16. The van der Waals surface area contributed by atoms with E-state index in [0.717, 1.165) is 30.1 Å². The van der Waals surface area contributed by atoms with Crippen molar-refractivity contribution in [1.29, 1.82) is 0 Å². The van der Waals surface area contributed by atoms with E-state index in [4.69, 9.17) is 0 Å². The van der Waals surface area contributed by atoms with Crippen molar-refractivity contribution in [3.05, 3.63) is 52.7 Å². The molecule has 3 atom stereocenters. The van der Waals surface area contributed by atoms with Crippen LogP contribution in [0.25, 0.3) is 0 Å². The standard InChI is InChI=1S/C22H28N4O2S/c1-22(2,19-9-6-12-29-19)20(27)23-13-18-15-26(17-10-11-25(18)14-17)21(28)24-16-7-4-3-5-8-16/h3-9,12,17-18H,10-11,13-15H2,1-2H3,(H,23,27)(H,24,28). The van der Waals surface area contributed by atoms with Crippen molar-refractivity contribution in [3.63, 3.8) is 0 Å². The third-order valence-electron chi connectivity index (χ3n) is 6.05. The van der Waals surface area contributed by atoms with Gasteiger partial charge in [0.05, 0.1) is 5.41 Å². The van der Waals surface area contributed by atoms with Crippen LogP contribution in [-0.2, 0) is 10.2 Å². The van der Waals surface area contributed by atoms with Gasteiger partial charge in [-0.05, 0) is 43.8 Å². The van der Waals surface area contributed by atoms with Crippen LogP contribution in [0.4, 0.5) is 10.5 Å². The first-order chi connectivity index (χ1) is 13.9. The lowest BCUT2D eigenvalue weighted by molar-refractivity contribution is -0.125. The summed E-state index contributed by atoms with van der Waals surface area (Å²) in [5.41, 5.74) is 0.251. The monoisotopic (exact) mass is 412 g/mol. The van der Waals surface area contributed by atoms with E-state index >= 15 is 0 Å². The van der Waals surface area contributed by atoms with Gasteiger partial charge in [0.2, 0.25) is 5.91 Å². The fourth-order valence-corrected chi connectivity index (χ4v) is 5.03. The fraction of sp³-hybridized carbons (Fsp3) is 0.455. The average Bonchev–Trinajstić information content (AvgIpc) is 3.39. The molecule has 3 heterocycles. The van der Waals surface area contributed by atoms with E-state index < -0.39 is 5.41 Å². The van der Waals surface area contributed by atoms with E-state index in [-0.39, 0.29) is 24.0 Å². The van der Waals surface area contributed by atoms with Crippen molar-refractivity contribution < 1.29 is 9.59 Å². The number of carbonyl (C=O) groups is 2. The number of anilines is 1. The number of benzene rings is 1. The van der Waals surface area contributed by atoms with Crippen molar-refractivity contribution in [1.82, 2.24) is 15.1 Å². The molecule has 2 aromatic rings. The molecule has 1 aromatic carbocycles. The second kappa shape index (κ2) is 8.16. The quantitative estimate of drug-likeness (QED) is 0.793. The minimum atomic E-state index is -0.555. The Kier molecular flexibility index (Phi) is 5.61. The highest BCUT2D eigenvalue weighted by Crippen LogP contribution is 2.28. The van der Waals surface area contributed by atoms with Gasteiger partial charge in [0, 0.05) is 48.8 Å². The summed E-state index contributed by atoms with van der Waals surface area (Å²) < 4.78 is 0. The maximum Gasteiger partial charge on any atom is 0.322 e. The zero-order valence-electron chi connectivity index (χ0n) is 16.9. The van der Waals surface area contributed by atoms with Gasteiger partial charge in [-0.2, -0.15) is 0 Å². The Bertz CT molecular complexity index is 853. The summed E-state index contributed by atoms with van der Waals surface area (Å²) in [6, 6.07) is 13.9. The van der Waals surface area contributed by atoms with E-state index in [1.807, 2.05) is 66.6 Å². The summed E-state index contributed by atoms with van der Waals surface area (Å²) in [4.78, 5) is 31.1. The number of piperazine rings is 1. The van der Waals surface area contributed by atoms with Crippen LogP contribution in [0, 0.1) is 0 Å². The third-order valence-corrected chi connectivity index (χ3v) is 7.24. The summed E-state index contributed by atoms with van der Waals surface area (Å²) in [6.07, 6.45) is 0.980. The Morgan fingerprint density at radius 1 is 1.14 bits per heavy atom. The molecule has 0 spiro atoms. The van der Waals surface area contributed by atoms with Crippen LogP contribution >= 0.6 is 11.3 Å². The fourth-order valence-electron chi connectivity index (χ4n) is 4.18. The molecule has 4 rings (SSSR count). The van der Waals surface area contributed by atoms with Gasteiger partial charge in [0.15, 0.2) is 0 Å². The van der Waals surface area contributed by atoms with Gasteiger partial charge in [-0.1, -0.05) is 24.3 Å². The normalized spacial score (nSPS) is 23.7. The molecular formula is C22H28N4O2S. The molecule has 29 heavy (non-hydrogen) atoms. The van der Waals surface area contributed by atoms with Crippen LogP contribution in [0.5, 0.6) is 0 Å². The van der Waals surface area contributed by atoms with Gasteiger partial charge in [-0.25, -0.2) is 4.79 Å². The predicted octanol–water partition coefficient (Wildman–Crippen LogP) is 3.13. The second-order valence-electron chi connectivity index (χ2n) is 8.35. The molecule has 7 heteroatoms. The molecule has 0 radical (unpaired) electrons. The lowest BCUT2D eigenvalue weighted by atomic mass is 9.90. The van der Waals surface area contributed by atoms with Gasteiger partial charge >= 0.3 is 6.03 Å². The van der Waals surface area contributed by atoms with Crippen LogP contribution in [0.2, 0.25) is 0 Å². The van der Waals surface area contributed by atoms with Crippen molar-refractivity contribution in [3.8, 4) is 0 Å². The van der Waals surface area contributed by atoms with E-state index in [1.54, 1.807) is 11.3 Å². The smallest absolute Gasteiger partial charge is 0.322 e. The van der Waals surface area contributed by atoms with Gasteiger partial charge in [0.25, 0.3) is 0 Å². The number of thiophene rings is 1. The number of amides is 3. The molecule has 3 unspecified atom stereocenters. The SMILES string of the molecule is CC(C)(C(=O)NCC1CN(C(=O)Nc2ccccc2)C2CCN1C2)c1cccs1. The number of rotatable bonds is 5. The molecule has 2 aliphatic heterocycles. The molecule has 2 saturated heterocycles. The Balaban J connectivity index is 1.38. The topological polar surface area (TPSA) is 64.7 Å². The summed E-state index contributed by atoms with van der Waals surface area (Å²) >= 11 is 1.60. The molecular weight excluding hydrogens is 384 g/mol. The molecule has 2 fully saturated rings. The van der Waals surface area contributed by atoms with Crippen molar-refractivity contribution in [2.75, 3.05) is 31.5 Å². The number of carbonyl (C=O) groups excluding carboxylic acids is 2. The van der Waals surface area contributed by atoms with E-state index in [1.165, 1.54) is 0 Å². The first-order valence-corrected chi connectivity index (χ1v) is 11.0. The molecule has 1 aromatic heterocycles. The number of fused-ring (bicyclic) bond motifs is 2. The number of urea groups is 1. The number of para-hydroxylation sites is 1. The Hall–Kier alpha value is -2.38. The average molecular weight is 413 g/mol. The Morgan fingerprint density at radius 2 is 1.93 bits per heavy atom. The molecule has 0 saturated carbocycles. The summed E-state index contributed by atoms with van der Waals surface area (Å²) in [6.45, 7) is 6.94. The highest BCUT2D eigenvalue weighted by molar-refractivity contribution is 7.10. The van der Waals surface area contributed by atoms with E-state index in [2.05, 4.69) is 15.5 Å². The summed E-state index contributed by atoms with van der Waals surface area (Å²) in [7, 11) is 0. The van der Waals surface area contributed by atoms with Crippen LogP contribution in [0.3, 0.4) is 0 Å². The summed E-state index contributed by atoms with van der Waals surface area (Å²) in [5, 5.41) is 8.14. The number of nitrogens with one attached hydrogen (secondary N) is 2. The molecule has 154 valence electrons. The largest absolute Gasteiger partial charge is 0.354 e. The highest BCUT2D eigenvalue weighted by atomic mass is 32.1. The molecule has 2 aliphatic rings. The lowest BCUT2D eigenvalue weighted by Gasteiger charge is -2.40. The van der Waals surface area contributed by atoms with Gasteiger partial charge in [-0.15, -0.1) is 11.3 Å². The van der Waals surface area contributed by atoms with Gasteiger partial charge in [-0.3, -0.25) is 9.69 Å². The number of hydrogen-bond donors (Lipinski definition) is 2. The zero-order valence-corrected chi connectivity index (χ0v) is 17.7. The first kappa shape index (κ1) is 19.9.